The molecule has 0 saturated carbocycles. The first kappa shape index (κ1) is 49.0. The average molecular weight is 825 g/mol. The van der Waals surface area contributed by atoms with Crippen LogP contribution in [-0.2, 0) is 39.6 Å². The summed E-state index contributed by atoms with van der Waals surface area (Å²) in [6.07, 6.45) is 1.28. The van der Waals surface area contributed by atoms with Crippen molar-refractivity contribution in [2.45, 2.75) is 147 Å². The molecular weight excluding hydrogens is 749 g/mol. The monoisotopic (exact) mass is 825 g/mol. The molecule has 2 aliphatic rings. The number of aliphatic hydroxyl groups is 2. The number of cyclic esters (lactones) is 1. The second-order valence-electron chi connectivity index (χ2n) is 18.0. The Morgan fingerprint density at radius 3 is 2.19 bits per heavy atom. The van der Waals surface area contributed by atoms with E-state index in [1.54, 1.807) is 21.1 Å². The minimum absolute atomic E-state index is 0.000770. The Labute approximate surface area is 355 Å². The molecule has 0 bridgehead atoms. The zero-order valence-electron chi connectivity index (χ0n) is 38.2. The maximum absolute atomic E-state index is 14.4. The van der Waals surface area contributed by atoms with Gasteiger partial charge in [-0.1, -0.05) is 87.5 Å². The lowest BCUT2D eigenvalue weighted by Gasteiger charge is -2.47. The third-order valence-corrected chi connectivity index (χ3v) is 13.0. The van der Waals surface area contributed by atoms with Crippen LogP contribution in [0.4, 0.5) is 0 Å². The fraction of sp³-hybridized carbons (Fsp3) is 0.688. The molecule has 11 nitrogen and oxygen atoms in total. The van der Waals surface area contributed by atoms with Gasteiger partial charge in [0, 0.05) is 38.8 Å². The maximum Gasteiger partial charge on any atom is 0.311 e. The van der Waals surface area contributed by atoms with Gasteiger partial charge in [-0.15, -0.1) is 0 Å². The number of allylic oxidation sites excluding steroid dienone is 1. The summed E-state index contributed by atoms with van der Waals surface area (Å²) in [6.45, 7) is 16.5. The van der Waals surface area contributed by atoms with Gasteiger partial charge in [0.25, 0.3) is 0 Å². The van der Waals surface area contributed by atoms with E-state index < -0.39 is 65.8 Å². The normalized spacial score (nSPS) is 37.3. The summed E-state index contributed by atoms with van der Waals surface area (Å²) >= 11 is 0. The van der Waals surface area contributed by atoms with Crippen molar-refractivity contribution in [1.82, 2.24) is 9.80 Å². The van der Waals surface area contributed by atoms with E-state index in [4.69, 9.17) is 28.4 Å². The van der Waals surface area contributed by atoms with Gasteiger partial charge in [0.2, 0.25) is 0 Å². The highest BCUT2D eigenvalue weighted by Gasteiger charge is 2.51. The highest BCUT2D eigenvalue weighted by Crippen LogP contribution is 2.38. The summed E-state index contributed by atoms with van der Waals surface area (Å²) < 4.78 is 38.6. The van der Waals surface area contributed by atoms with Crippen molar-refractivity contribution in [2.75, 3.05) is 48.5 Å². The van der Waals surface area contributed by atoms with E-state index >= 15 is 0 Å². The minimum atomic E-state index is -1.43. The summed E-state index contributed by atoms with van der Waals surface area (Å²) in [5.41, 5.74) is 1.09. The van der Waals surface area contributed by atoms with Crippen LogP contribution >= 0.6 is 0 Å². The number of hydrogen-bond donors (Lipinski definition) is 2. The third-order valence-electron chi connectivity index (χ3n) is 13.0. The Morgan fingerprint density at radius 1 is 0.949 bits per heavy atom. The molecular formula is C48H76N2O9. The van der Waals surface area contributed by atoms with E-state index in [1.165, 1.54) is 5.56 Å². The number of rotatable bonds is 12. The smallest absolute Gasteiger partial charge is 0.311 e. The van der Waals surface area contributed by atoms with Crippen molar-refractivity contribution in [2.24, 2.45) is 17.8 Å². The molecule has 2 fully saturated rings. The number of nitrogens with zero attached hydrogens (tertiary/aromatic N) is 2. The number of likely N-dealkylation sites (N-methyl/N-ethyl adjacent to an activating group) is 2. The number of carbonyl (C=O) groups is 1. The van der Waals surface area contributed by atoms with E-state index in [9.17, 15) is 15.0 Å². The SMILES string of the molecule is CC[C@H]1OC(=O)[C@H](C)[C@@H](OC/C=C/Cc2ccc(-c3ccccc3)cc2)[C@H](C)[C@@H](O[C@@H]2O[C@H](C)C[C@H](N(C)C)[C@H]2O)[C@](C)(O)C[C@@H](C)CN(C)[C@H](C)[C@@H](OC)[C@]1(C)OC. The van der Waals surface area contributed by atoms with E-state index in [0.717, 1.165) is 11.1 Å². The van der Waals surface area contributed by atoms with Crippen molar-refractivity contribution in [3.63, 3.8) is 0 Å². The first-order chi connectivity index (χ1) is 27.9. The third kappa shape index (κ3) is 12.2. The summed E-state index contributed by atoms with van der Waals surface area (Å²) in [5.74, 6) is -1.80. The molecule has 2 N–H and O–H groups in total. The van der Waals surface area contributed by atoms with Crippen LogP contribution in [0.2, 0.25) is 0 Å². The van der Waals surface area contributed by atoms with Crippen molar-refractivity contribution in [1.29, 1.82) is 0 Å². The topological polar surface area (TPSA) is 119 Å². The number of benzene rings is 2. The molecule has 0 amide bonds. The van der Waals surface area contributed by atoms with Crippen LogP contribution in [0.3, 0.4) is 0 Å². The highest BCUT2D eigenvalue weighted by molar-refractivity contribution is 5.73. The van der Waals surface area contributed by atoms with Crippen LogP contribution in [0, 0.1) is 17.8 Å². The molecule has 2 heterocycles. The molecule has 0 radical (unpaired) electrons. The Bertz CT molecular complexity index is 1590. The van der Waals surface area contributed by atoms with Crippen LogP contribution < -0.4 is 0 Å². The van der Waals surface area contributed by atoms with Crippen LogP contribution in [-0.4, -0.2) is 141 Å². The van der Waals surface area contributed by atoms with Crippen molar-refractivity contribution < 1.29 is 43.4 Å². The second kappa shape index (κ2) is 21.9. The molecule has 2 saturated heterocycles. The molecule has 11 heteroatoms. The van der Waals surface area contributed by atoms with E-state index in [-0.39, 0.29) is 30.7 Å². The number of carbonyl (C=O) groups excluding carboxylic acids is 1. The Hall–Kier alpha value is -2.71. The van der Waals surface area contributed by atoms with Gasteiger partial charge in [-0.25, -0.2) is 0 Å². The van der Waals surface area contributed by atoms with Crippen LogP contribution in [0.15, 0.2) is 66.7 Å². The molecule has 2 aromatic rings. The molecule has 0 spiro atoms. The lowest BCUT2D eigenvalue weighted by Crippen LogP contribution is -2.60. The number of aliphatic hydroxyl groups excluding tert-OH is 1. The maximum atomic E-state index is 14.4. The van der Waals surface area contributed by atoms with Crippen LogP contribution in [0.1, 0.15) is 80.2 Å². The van der Waals surface area contributed by atoms with Crippen LogP contribution in [0.5, 0.6) is 0 Å². The minimum Gasteiger partial charge on any atom is -0.459 e. The van der Waals surface area contributed by atoms with Gasteiger partial charge in [-0.05, 0) is 104 Å². The molecule has 0 aromatic heterocycles. The molecule has 2 aliphatic heterocycles. The quantitative estimate of drug-likeness (QED) is 0.174. The summed E-state index contributed by atoms with van der Waals surface area (Å²) in [7, 11) is 9.20. The molecule has 14 atom stereocenters. The first-order valence-corrected chi connectivity index (χ1v) is 21.7. The largest absolute Gasteiger partial charge is 0.459 e. The zero-order chi connectivity index (χ0) is 43.7. The fourth-order valence-electron chi connectivity index (χ4n) is 9.58. The average Bonchev–Trinajstić information content (AvgIpc) is 3.20. The number of ether oxygens (including phenoxy) is 6. The van der Waals surface area contributed by atoms with Gasteiger partial charge < -0.3 is 48.4 Å². The number of esters is 1. The Balaban J connectivity index is 1.70. The van der Waals surface area contributed by atoms with Crippen molar-refractivity contribution in [3.05, 3.63) is 72.3 Å². The molecule has 4 rings (SSSR count). The second-order valence-corrected chi connectivity index (χ2v) is 18.0. The predicted octanol–water partition coefficient (Wildman–Crippen LogP) is 6.77. The number of hydrogen-bond acceptors (Lipinski definition) is 11. The summed E-state index contributed by atoms with van der Waals surface area (Å²) in [4.78, 5) is 18.6. The standard InChI is InChI=1S/C48H76N2O9/c1-14-40-48(8,55-13)44(54-12)35(6)50(11)30-31(2)29-47(7,53)43(59-46-41(51)39(49(9)10)28-32(3)57-46)33(4)42(34(5)45(52)58-40)56-27-19-18-20-36-23-25-38(26-24-36)37-21-16-15-17-22-37/h15-19,21-26,31-35,39-44,46,51,53H,14,20,27-30H2,1-13H3/b19-18+/t31-,32-,33+,34-,35-,39+,40-,41-,42+,43-,44-,46+,47-,48-/m1/s1. The highest BCUT2D eigenvalue weighted by atomic mass is 16.7. The van der Waals surface area contributed by atoms with Gasteiger partial charge in [-0.3, -0.25) is 4.79 Å². The van der Waals surface area contributed by atoms with Gasteiger partial charge in [0.05, 0.1) is 36.4 Å². The molecule has 332 valence electrons. The summed E-state index contributed by atoms with van der Waals surface area (Å²) in [6, 6.07) is 18.5. The zero-order valence-corrected chi connectivity index (χ0v) is 38.2. The first-order valence-electron chi connectivity index (χ1n) is 21.7. The van der Waals surface area contributed by atoms with Gasteiger partial charge >= 0.3 is 5.97 Å². The molecule has 0 unspecified atom stereocenters. The van der Waals surface area contributed by atoms with E-state index in [0.29, 0.717) is 32.2 Å². The fourth-order valence-corrected chi connectivity index (χ4v) is 9.58. The molecule has 59 heavy (non-hydrogen) atoms. The van der Waals surface area contributed by atoms with E-state index in [2.05, 4.69) is 61.2 Å². The summed E-state index contributed by atoms with van der Waals surface area (Å²) in [5, 5.41) is 24.2. The molecule has 2 aromatic carbocycles. The Morgan fingerprint density at radius 2 is 1.59 bits per heavy atom. The lowest BCUT2D eigenvalue weighted by molar-refractivity contribution is -0.300. The van der Waals surface area contributed by atoms with Crippen molar-refractivity contribution >= 4 is 5.97 Å². The van der Waals surface area contributed by atoms with Gasteiger partial charge in [0.15, 0.2) is 6.29 Å². The molecule has 0 aliphatic carbocycles. The van der Waals surface area contributed by atoms with Gasteiger partial charge in [0.1, 0.15) is 23.9 Å². The van der Waals surface area contributed by atoms with Crippen LogP contribution in [0.25, 0.3) is 11.1 Å². The van der Waals surface area contributed by atoms with Crippen molar-refractivity contribution in [3.8, 4) is 11.1 Å². The number of methoxy groups -OCH3 is 2. The van der Waals surface area contributed by atoms with Gasteiger partial charge in [-0.2, -0.15) is 0 Å². The van der Waals surface area contributed by atoms with E-state index in [1.807, 2.05) is 84.9 Å². The lowest BCUT2D eigenvalue weighted by atomic mass is 9.77. The predicted molar refractivity (Wildman–Crippen MR) is 233 cm³/mol. The Kier molecular flexibility index (Phi) is 18.2.